The lowest BCUT2D eigenvalue weighted by Gasteiger charge is -2.22. The number of hydrogen-bond acceptors (Lipinski definition) is 4. The van der Waals surface area contributed by atoms with Gasteiger partial charge in [-0.2, -0.15) is 0 Å². The Morgan fingerprint density at radius 1 is 1.17 bits per heavy atom. The monoisotopic (exact) mass is 316 g/mol. The van der Waals surface area contributed by atoms with Crippen LogP contribution >= 0.6 is 0 Å². The van der Waals surface area contributed by atoms with E-state index in [0.29, 0.717) is 25.3 Å². The van der Waals surface area contributed by atoms with E-state index in [9.17, 15) is 9.90 Å². The van der Waals surface area contributed by atoms with E-state index in [4.69, 9.17) is 5.11 Å². The molecule has 2 aromatic rings. The van der Waals surface area contributed by atoms with Crippen molar-refractivity contribution >= 4 is 0 Å². The first kappa shape index (κ1) is 17.2. The summed E-state index contributed by atoms with van der Waals surface area (Å²) in [5.41, 5.74) is 3.31. The van der Waals surface area contributed by atoms with Gasteiger partial charge in [0.25, 0.3) is 0 Å². The Labute approximate surface area is 136 Å². The third-order valence-electron chi connectivity index (χ3n) is 3.96. The summed E-state index contributed by atoms with van der Waals surface area (Å²) >= 11 is 0. The molecule has 0 radical (unpaired) electrons. The van der Waals surface area contributed by atoms with Gasteiger partial charge in [-0.1, -0.05) is 29.8 Å². The van der Waals surface area contributed by atoms with Crippen LogP contribution < -0.4 is 5.43 Å². The first-order valence-corrected chi connectivity index (χ1v) is 7.69. The van der Waals surface area contributed by atoms with Crippen molar-refractivity contribution in [2.75, 3.05) is 20.2 Å². The third kappa shape index (κ3) is 4.21. The second-order valence-electron chi connectivity index (χ2n) is 5.98. The molecule has 1 aromatic carbocycles. The minimum absolute atomic E-state index is 0.0330. The molecule has 0 fully saturated rings. The summed E-state index contributed by atoms with van der Waals surface area (Å²) in [4.78, 5) is 13.8. The number of rotatable bonds is 6. The van der Waals surface area contributed by atoms with Gasteiger partial charge in [0.2, 0.25) is 5.43 Å². The number of likely N-dealkylation sites (N-methyl/N-ethyl adjacent to an activating group) is 1. The second kappa shape index (κ2) is 7.44. The predicted molar refractivity (Wildman–Crippen MR) is 90.8 cm³/mol. The van der Waals surface area contributed by atoms with Gasteiger partial charge < -0.3 is 14.8 Å². The van der Waals surface area contributed by atoms with Crippen molar-refractivity contribution in [2.45, 2.75) is 26.9 Å². The highest BCUT2D eigenvalue weighted by Crippen LogP contribution is 2.18. The normalized spacial score (nSPS) is 11.2. The van der Waals surface area contributed by atoms with E-state index in [1.165, 1.54) is 11.6 Å². The largest absolute Gasteiger partial charge is 0.503 e. The van der Waals surface area contributed by atoms with Crippen LogP contribution in [-0.4, -0.2) is 39.9 Å². The fraction of sp³-hybridized carbons (Fsp3) is 0.389. The second-order valence-corrected chi connectivity index (χ2v) is 5.98. The fourth-order valence-electron chi connectivity index (χ4n) is 2.58. The van der Waals surface area contributed by atoms with E-state index in [0.717, 1.165) is 11.3 Å². The molecule has 0 amide bonds. The van der Waals surface area contributed by atoms with Gasteiger partial charge in [0.05, 0.1) is 12.3 Å². The van der Waals surface area contributed by atoms with Crippen molar-refractivity contribution in [2.24, 2.45) is 0 Å². The van der Waals surface area contributed by atoms with E-state index >= 15 is 0 Å². The van der Waals surface area contributed by atoms with Crippen LogP contribution in [0.15, 0.2) is 35.1 Å². The molecule has 2 rings (SSSR count). The van der Waals surface area contributed by atoms with Crippen LogP contribution in [0.4, 0.5) is 0 Å². The molecular weight excluding hydrogens is 292 g/mol. The van der Waals surface area contributed by atoms with Gasteiger partial charge in [-0.25, -0.2) is 0 Å². The molecule has 5 heteroatoms. The Balaban J connectivity index is 2.42. The minimum atomic E-state index is -0.366. The number of aliphatic hydroxyl groups excluding tert-OH is 1. The quantitative estimate of drug-likeness (QED) is 0.850. The van der Waals surface area contributed by atoms with Gasteiger partial charge in [0, 0.05) is 31.4 Å². The standard InChI is InChI=1S/C18H24N2O3/c1-13-4-6-15(7-5-13)11-20-14(2)10-17(22)18(23)16(20)12-19(3)8-9-21/h4-7,10,21,23H,8-9,11-12H2,1-3H3. The van der Waals surface area contributed by atoms with Gasteiger partial charge in [-0.3, -0.25) is 9.69 Å². The lowest BCUT2D eigenvalue weighted by Crippen LogP contribution is -2.26. The van der Waals surface area contributed by atoms with E-state index in [1.807, 2.05) is 54.6 Å². The zero-order valence-corrected chi connectivity index (χ0v) is 13.9. The summed E-state index contributed by atoms with van der Waals surface area (Å²) in [7, 11) is 1.85. The van der Waals surface area contributed by atoms with Crippen molar-refractivity contribution in [3.05, 3.63) is 63.1 Å². The number of aryl methyl sites for hydroxylation is 2. The van der Waals surface area contributed by atoms with Gasteiger partial charge in [-0.05, 0) is 26.5 Å². The van der Waals surface area contributed by atoms with Crippen molar-refractivity contribution < 1.29 is 10.2 Å². The van der Waals surface area contributed by atoms with Crippen LogP contribution in [0, 0.1) is 13.8 Å². The van der Waals surface area contributed by atoms with E-state index in [1.54, 1.807) is 0 Å². The van der Waals surface area contributed by atoms with Crippen LogP contribution in [0.5, 0.6) is 5.75 Å². The van der Waals surface area contributed by atoms with Crippen LogP contribution in [-0.2, 0) is 13.1 Å². The van der Waals surface area contributed by atoms with Gasteiger partial charge >= 0.3 is 0 Å². The molecule has 0 atom stereocenters. The Morgan fingerprint density at radius 2 is 1.83 bits per heavy atom. The average molecular weight is 316 g/mol. The number of pyridine rings is 1. The van der Waals surface area contributed by atoms with Crippen LogP contribution in [0.2, 0.25) is 0 Å². The summed E-state index contributed by atoms with van der Waals surface area (Å²) < 4.78 is 1.95. The SMILES string of the molecule is Cc1ccc(Cn2c(C)cc(=O)c(O)c2CN(C)CCO)cc1. The Morgan fingerprint density at radius 3 is 2.43 bits per heavy atom. The van der Waals surface area contributed by atoms with Crippen molar-refractivity contribution in [3.63, 3.8) is 0 Å². The number of aliphatic hydroxyl groups is 1. The maximum Gasteiger partial charge on any atom is 0.223 e. The summed E-state index contributed by atoms with van der Waals surface area (Å²) in [5.74, 6) is -0.215. The minimum Gasteiger partial charge on any atom is -0.503 e. The molecule has 0 aliphatic heterocycles. The summed E-state index contributed by atoms with van der Waals surface area (Å²) in [5, 5.41) is 19.3. The highest BCUT2D eigenvalue weighted by Gasteiger charge is 2.15. The zero-order valence-electron chi connectivity index (χ0n) is 13.9. The molecule has 5 nitrogen and oxygen atoms in total. The fourth-order valence-corrected chi connectivity index (χ4v) is 2.58. The third-order valence-corrected chi connectivity index (χ3v) is 3.96. The van der Waals surface area contributed by atoms with E-state index in [2.05, 4.69) is 0 Å². The Bertz CT molecular complexity index is 720. The number of benzene rings is 1. The molecular formula is C18H24N2O3. The lowest BCUT2D eigenvalue weighted by molar-refractivity contribution is 0.212. The first-order valence-electron chi connectivity index (χ1n) is 7.69. The van der Waals surface area contributed by atoms with Gasteiger partial charge in [0.1, 0.15) is 0 Å². The summed E-state index contributed by atoms with van der Waals surface area (Å²) in [6.07, 6.45) is 0. The molecule has 0 spiro atoms. The average Bonchev–Trinajstić information content (AvgIpc) is 2.50. The number of nitrogens with zero attached hydrogens (tertiary/aromatic N) is 2. The molecule has 0 aliphatic rings. The van der Waals surface area contributed by atoms with Crippen molar-refractivity contribution in [1.82, 2.24) is 9.47 Å². The summed E-state index contributed by atoms with van der Waals surface area (Å²) in [6, 6.07) is 9.64. The maximum absolute atomic E-state index is 11.9. The number of hydrogen-bond donors (Lipinski definition) is 2. The number of aromatic hydroxyl groups is 1. The molecule has 0 saturated heterocycles. The highest BCUT2D eigenvalue weighted by atomic mass is 16.3. The lowest BCUT2D eigenvalue weighted by atomic mass is 10.1. The molecule has 1 aromatic heterocycles. The molecule has 23 heavy (non-hydrogen) atoms. The van der Waals surface area contributed by atoms with Crippen LogP contribution in [0.3, 0.4) is 0 Å². The van der Waals surface area contributed by atoms with Crippen LogP contribution in [0.25, 0.3) is 0 Å². The Kier molecular flexibility index (Phi) is 5.58. The van der Waals surface area contributed by atoms with E-state index in [-0.39, 0.29) is 17.8 Å². The van der Waals surface area contributed by atoms with Crippen LogP contribution in [0.1, 0.15) is 22.5 Å². The molecule has 0 aliphatic carbocycles. The van der Waals surface area contributed by atoms with Crippen molar-refractivity contribution in [3.8, 4) is 5.75 Å². The molecule has 0 unspecified atom stereocenters. The van der Waals surface area contributed by atoms with E-state index < -0.39 is 0 Å². The molecule has 0 saturated carbocycles. The molecule has 2 N–H and O–H groups in total. The highest BCUT2D eigenvalue weighted by molar-refractivity contribution is 5.31. The van der Waals surface area contributed by atoms with Gasteiger partial charge in [0.15, 0.2) is 5.75 Å². The van der Waals surface area contributed by atoms with Gasteiger partial charge in [-0.15, -0.1) is 0 Å². The molecule has 1 heterocycles. The summed E-state index contributed by atoms with van der Waals surface area (Å²) in [6.45, 7) is 5.40. The predicted octanol–water partition coefficient (Wildman–Crippen LogP) is 1.64. The smallest absolute Gasteiger partial charge is 0.223 e. The Hall–Kier alpha value is -2.11. The number of aromatic nitrogens is 1. The zero-order chi connectivity index (χ0) is 17.0. The molecule has 0 bridgehead atoms. The topological polar surface area (TPSA) is 65.7 Å². The first-order chi connectivity index (χ1) is 10.9. The maximum atomic E-state index is 11.9. The molecule has 124 valence electrons. The van der Waals surface area contributed by atoms with Crippen molar-refractivity contribution in [1.29, 1.82) is 0 Å².